The van der Waals surface area contributed by atoms with Crippen LogP contribution in [-0.2, 0) is 4.79 Å². The Morgan fingerprint density at radius 2 is 2.41 bits per heavy atom. The van der Waals surface area contributed by atoms with Gasteiger partial charge in [-0.2, -0.15) is 0 Å². The van der Waals surface area contributed by atoms with Gasteiger partial charge in [-0.15, -0.1) is 0 Å². The molecule has 94 valence electrons. The molecule has 0 aromatic carbocycles. The van der Waals surface area contributed by atoms with Gasteiger partial charge in [0.15, 0.2) is 0 Å². The minimum Gasteiger partial charge on any atom is -0.368 e. The summed E-state index contributed by atoms with van der Waals surface area (Å²) in [4.78, 5) is 15.8. The Bertz CT molecular complexity index is 387. The van der Waals surface area contributed by atoms with E-state index in [1.54, 1.807) is 12.5 Å². The fourth-order valence-corrected chi connectivity index (χ4v) is 2.74. The molecule has 1 aliphatic rings. The molecule has 1 aromatic heterocycles. The first-order valence-electron chi connectivity index (χ1n) is 6.08. The Hall–Kier alpha value is -1.36. The highest BCUT2D eigenvalue weighted by Crippen LogP contribution is 2.37. The third kappa shape index (κ3) is 2.34. The molecule has 3 N–H and O–H groups in total. The minimum absolute atomic E-state index is 0.242. The van der Waals surface area contributed by atoms with Crippen LogP contribution in [0.25, 0.3) is 0 Å². The summed E-state index contributed by atoms with van der Waals surface area (Å²) in [7, 11) is 0. The van der Waals surface area contributed by atoms with E-state index in [-0.39, 0.29) is 11.9 Å². The van der Waals surface area contributed by atoms with Gasteiger partial charge in [-0.25, -0.2) is 4.98 Å². The van der Waals surface area contributed by atoms with Gasteiger partial charge in [-0.3, -0.25) is 4.79 Å². The molecule has 5 nitrogen and oxygen atoms in total. The molecule has 0 bridgehead atoms. The number of hydrogen-bond acceptors (Lipinski definition) is 3. The number of carbonyl (C=O) groups is 1. The largest absolute Gasteiger partial charge is 0.368 e. The molecular formula is C12H20N4O. The van der Waals surface area contributed by atoms with Gasteiger partial charge in [0.05, 0.1) is 11.9 Å². The third-order valence-electron chi connectivity index (χ3n) is 3.47. The van der Waals surface area contributed by atoms with Gasteiger partial charge in [0.2, 0.25) is 5.91 Å². The van der Waals surface area contributed by atoms with E-state index in [0.717, 1.165) is 19.3 Å². The van der Waals surface area contributed by atoms with E-state index < -0.39 is 5.54 Å². The maximum Gasteiger partial charge on any atom is 0.237 e. The first kappa shape index (κ1) is 12.1. The number of rotatable bonds is 4. The number of hydrogen-bond donors (Lipinski definition) is 2. The Labute approximate surface area is 101 Å². The highest BCUT2D eigenvalue weighted by Gasteiger charge is 2.44. The van der Waals surface area contributed by atoms with Crippen molar-refractivity contribution in [3.05, 3.63) is 18.7 Å². The van der Waals surface area contributed by atoms with Crippen molar-refractivity contribution >= 4 is 5.91 Å². The SMILES string of the molecule is CC(C)NC1(C(N)=O)CCC(n2ccnc2)C1. The summed E-state index contributed by atoms with van der Waals surface area (Å²) < 4.78 is 2.06. The summed E-state index contributed by atoms with van der Waals surface area (Å²) in [6, 6.07) is 0.570. The van der Waals surface area contributed by atoms with Crippen LogP contribution in [0.15, 0.2) is 18.7 Å². The topological polar surface area (TPSA) is 72.9 Å². The summed E-state index contributed by atoms with van der Waals surface area (Å²) in [6.07, 6.45) is 8.01. The molecular weight excluding hydrogens is 216 g/mol. The number of carbonyl (C=O) groups excluding carboxylic acids is 1. The van der Waals surface area contributed by atoms with Crippen LogP contribution in [0.4, 0.5) is 0 Å². The van der Waals surface area contributed by atoms with E-state index in [2.05, 4.69) is 14.9 Å². The smallest absolute Gasteiger partial charge is 0.237 e. The van der Waals surface area contributed by atoms with Crippen molar-refractivity contribution in [3.8, 4) is 0 Å². The maximum atomic E-state index is 11.7. The number of imidazole rings is 1. The van der Waals surface area contributed by atoms with Crippen molar-refractivity contribution in [2.24, 2.45) is 5.73 Å². The van der Waals surface area contributed by atoms with Crippen molar-refractivity contribution in [1.29, 1.82) is 0 Å². The van der Waals surface area contributed by atoms with Gasteiger partial charge in [0.1, 0.15) is 0 Å². The van der Waals surface area contributed by atoms with E-state index in [4.69, 9.17) is 5.73 Å². The monoisotopic (exact) mass is 236 g/mol. The molecule has 1 aliphatic carbocycles. The molecule has 2 unspecified atom stereocenters. The van der Waals surface area contributed by atoms with E-state index in [0.29, 0.717) is 6.04 Å². The molecule has 17 heavy (non-hydrogen) atoms. The van der Waals surface area contributed by atoms with Crippen LogP contribution in [0.3, 0.4) is 0 Å². The van der Waals surface area contributed by atoms with Crippen LogP contribution in [-0.4, -0.2) is 27.0 Å². The predicted molar refractivity (Wildman–Crippen MR) is 65.3 cm³/mol. The lowest BCUT2D eigenvalue weighted by atomic mass is 9.95. The van der Waals surface area contributed by atoms with Gasteiger partial charge in [0, 0.05) is 24.5 Å². The molecule has 0 radical (unpaired) electrons. The first-order chi connectivity index (χ1) is 8.03. The second-order valence-corrected chi connectivity index (χ2v) is 5.15. The summed E-state index contributed by atoms with van der Waals surface area (Å²) in [5.41, 5.74) is 5.02. The first-order valence-corrected chi connectivity index (χ1v) is 6.08. The van der Waals surface area contributed by atoms with Crippen molar-refractivity contribution < 1.29 is 4.79 Å². The number of nitrogens with two attached hydrogens (primary N) is 1. The average molecular weight is 236 g/mol. The predicted octanol–water partition coefficient (Wildman–Crippen LogP) is 0.830. The molecule has 0 spiro atoms. The number of aromatic nitrogens is 2. The number of primary amides is 1. The Morgan fingerprint density at radius 1 is 1.65 bits per heavy atom. The number of nitrogens with zero attached hydrogens (tertiary/aromatic N) is 2. The number of amides is 1. The Morgan fingerprint density at radius 3 is 2.94 bits per heavy atom. The molecule has 0 aliphatic heterocycles. The van der Waals surface area contributed by atoms with Crippen LogP contribution in [0.1, 0.15) is 39.2 Å². The Balaban J connectivity index is 2.14. The number of nitrogens with one attached hydrogen (secondary N) is 1. The molecule has 2 rings (SSSR count). The Kier molecular flexibility index (Phi) is 3.19. The lowest BCUT2D eigenvalue weighted by Crippen LogP contribution is -2.56. The summed E-state index contributed by atoms with van der Waals surface area (Å²) in [5, 5.41) is 3.34. The van der Waals surface area contributed by atoms with Gasteiger partial charge in [-0.1, -0.05) is 0 Å². The van der Waals surface area contributed by atoms with Crippen molar-refractivity contribution in [3.63, 3.8) is 0 Å². The lowest BCUT2D eigenvalue weighted by Gasteiger charge is -2.29. The molecule has 1 saturated carbocycles. The zero-order valence-electron chi connectivity index (χ0n) is 10.4. The molecule has 1 fully saturated rings. The molecule has 5 heteroatoms. The van der Waals surface area contributed by atoms with Crippen LogP contribution in [0, 0.1) is 0 Å². The van der Waals surface area contributed by atoms with E-state index in [9.17, 15) is 4.79 Å². The van der Waals surface area contributed by atoms with E-state index >= 15 is 0 Å². The highest BCUT2D eigenvalue weighted by molar-refractivity contribution is 5.85. The summed E-state index contributed by atoms with van der Waals surface area (Å²) in [5.74, 6) is -0.242. The van der Waals surface area contributed by atoms with Crippen LogP contribution >= 0.6 is 0 Å². The fourth-order valence-electron chi connectivity index (χ4n) is 2.74. The zero-order chi connectivity index (χ0) is 12.5. The average Bonchev–Trinajstić information content (AvgIpc) is 2.84. The standard InChI is InChI=1S/C12H20N4O/c1-9(2)15-12(11(13)17)4-3-10(7-12)16-6-5-14-8-16/h5-6,8-10,15H,3-4,7H2,1-2H3,(H2,13,17). The summed E-state index contributed by atoms with van der Waals surface area (Å²) in [6.45, 7) is 4.07. The van der Waals surface area contributed by atoms with Gasteiger partial charge >= 0.3 is 0 Å². The molecule has 1 amide bonds. The highest BCUT2D eigenvalue weighted by atomic mass is 16.1. The van der Waals surface area contributed by atoms with E-state index in [1.807, 2.05) is 20.0 Å². The quantitative estimate of drug-likeness (QED) is 0.813. The molecule has 1 heterocycles. The lowest BCUT2D eigenvalue weighted by molar-refractivity contribution is -0.124. The second kappa shape index (κ2) is 4.49. The van der Waals surface area contributed by atoms with Crippen molar-refractivity contribution in [2.75, 3.05) is 0 Å². The van der Waals surface area contributed by atoms with E-state index in [1.165, 1.54) is 0 Å². The zero-order valence-corrected chi connectivity index (χ0v) is 10.4. The van der Waals surface area contributed by atoms with Gasteiger partial charge in [0.25, 0.3) is 0 Å². The summed E-state index contributed by atoms with van der Waals surface area (Å²) >= 11 is 0. The van der Waals surface area contributed by atoms with Gasteiger partial charge in [-0.05, 0) is 33.1 Å². The maximum absolute atomic E-state index is 11.7. The van der Waals surface area contributed by atoms with Crippen LogP contribution in [0.2, 0.25) is 0 Å². The molecule has 0 saturated heterocycles. The minimum atomic E-state index is -0.552. The normalized spacial score (nSPS) is 28.8. The fraction of sp³-hybridized carbons (Fsp3) is 0.667. The molecule has 2 atom stereocenters. The van der Waals surface area contributed by atoms with Crippen LogP contribution < -0.4 is 11.1 Å². The van der Waals surface area contributed by atoms with Gasteiger partial charge < -0.3 is 15.6 Å². The van der Waals surface area contributed by atoms with Crippen LogP contribution in [0.5, 0.6) is 0 Å². The molecule has 1 aromatic rings. The van der Waals surface area contributed by atoms with Crippen molar-refractivity contribution in [2.45, 2.75) is 50.7 Å². The third-order valence-corrected chi connectivity index (χ3v) is 3.47. The second-order valence-electron chi connectivity index (χ2n) is 5.15. The van der Waals surface area contributed by atoms with Crippen molar-refractivity contribution in [1.82, 2.24) is 14.9 Å².